The second kappa shape index (κ2) is 11.0. The van der Waals surface area contributed by atoms with Crippen molar-refractivity contribution in [2.24, 2.45) is 16.5 Å². The van der Waals surface area contributed by atoms with E-state index in [1.807, 2.05) is 0 Å². The van der Waals surface area contributed by atoms with Crippen LogP contribution in [0.15, 0.2) is 23.6 Å². The quantitative estimate of drug-likeness (QED) is 0.130. The second-order valence-corrected chi connectivity index (χ2v) is 13.5. The lowest BCUT2D eigenvalue weighted by Crippen LogP contribution is -2.36. The minimum absolute atomic E-state index is 0.0675. The Morgan fingerprint density at radius 3 is 2.64 bits per heavy atom. The first-order valence-corrected chi connectivity index (χ1v) is 16.4. The molecule has 11 atom stereocenters. The van der Waals surface area contributed by atoms with Crippen LogP contribution in [0.1, 0.15) is 24.3 Å². The Morgan fingerprint density at radius 2 is 1.84 bits per heavy atom. The van der Waals surface area contributed by atoms with Crippen molar-refractivity contribution in [3.63, 3.8) is 0 Å². The minimum atomic E-state index is -5.10. The monoisotopic (exact) mass is 675 g/mol. The van der Waals surface area contributed by atoms with Crippen LogP contribution in [0.5, 0.6) is 0 Å². The fraction of sp³-hybridized carbons (Fsp3) is 0.550. The van der Waals surface area contributed by atoms with E-state index in [9.17, 15) is 29.1 Å². The molecule has 4 aliphatic rings. The van der Waals surface area contributed by atoms with Crippen LogP contribution >= 0.6 is 15.4 Å². The van der Waals surface area contributed by atoms with Crippen LogP contribution in [0.3, 0.4) is 0 Å². The zero-order valence-corrected chi connectivity index (χ0v) is 24.4. The molecule has 0 spiro atoms. The van der Waals surface area contributed by atoms with E-state index in [0.717, 1.165) is 4.68 Å². The average molecular weight is 675 g/mol. The van der Waals surface area contributed by atoms with Gasteiger partial charge in [-0.05, 0) is 6.07 Å². The van der Waals surface area contributed by atoms with Gasteiger partial charge in [0.2, 0.25) is 0 Å². The maximum atomic E-state index is 13.2. The number of phosphoric acid groups is 1. The van der Waals surface area contributed by atoms with E-state index in [4.69, 9.17) is 45.0 Å². The molecule has 45 heavy (non-hydrogen) atoms. The second-order valence-electron chi connectivity index (χ2n) is 10.4. The molecule has 25 heteroatoms. The van der Waals surface area contributed by atoms with Crippen LogP contribution < -0.4 is 22.5 Å². The van der Waals surface area contributed by atoms with Gasteiger partial charge < -0.3 is 56.7 Å². The Kier molecular flexibility index (Phi) is 7.44. The first-order chi connectivity index (χ1) is 21.3. The number of hydrogen-bond acceptors (Lipinski definition) is 19. The Hall–Kier alpha value is -3.15. The Morgan fingerprint density at radius 1 is 1.04 bits per heavy atom. The number of pyridine rings is 1. The van der Waals surface area contributed by atoms with E-state index in [1.165, 1.54) is 23.2 Å². The number of guanidine groups is 1. The van der Waals surface area contributed by atoms with E-state index >= 15 is 0 Å². The predicted molar refractivity (Wildman–Crippen MR) is 145 cm³/mol. The third-order valence-electron chi connectivity index (χ3n) is 7.36. The molecule has 3 saturated heterocycles. The summed E-state index contributed by atoms with van der Waals surface area (Å²) in [6, 6.07) is 1.52. The number of nitrogens with one attached hydrogen (secondary N) is 1. The summed E-state index contributed by atoms with van der Waals surface area (Å²) in [5.74, 6) is -0.0356. The van der Waals surface area contributed by atoms with Crippen LogP contribution in [0.2, 0.25) is 0 Å². The van der Waals surface area contributed by atoms with Crippen molar-refractivity contribution in [1.29, 1.82) is 0 Å². The number of phosphoric ester groups is 1. The average Bonchev–Trinajstić information content (AvgIpc) is 3.72. The van der Waals surface area contributed by atoms with Crippen LogP contribution in [0.25, 0.3) is 11.2 Å². The number of rotatable bonds is 2. The van der Waals surface area contributed by atoms with Crippen molar-refractivity contribution in [3.05, 3.63) is 24.3 Å². The molecule has 7 heterocycles. The molecular formula is C20H27N11O12P2. The van der Waals surface area contributed by atoms with Gasteiger partial charge in [0, 0.05) is 6.20 Å². The molecule has 3 fully saturated rings. The van der Waals surface area contributed by atoms with Gasteiger partial charge in [-0.2, -0.15) is 4.68 Å². The lowest BCUT2D eigenvalue weighted by Gasteiger charge is -2.26. The molecule has 23 nitrogen and oxygen atoms in total. The number of hydrogen-bond donors (Lipinski definition) is 8. The largest absolute Gasteiger partial charge is 0.472 e. The highest BCUT2D eigenvalue weighted by Crippen LogP contribution is 2.53. The first kappa shape index (κ1) is 30.5. The Bertz CT molecular complexity index is 1750. The molecule has 3 aromatic rings. The molecule has 4 aliphatic heterocycles. The molecule has 2 bridgehead atoms. The van der Waals surface area contributed by atoms with Crippen LogP contribution in [-0.2, 0) is 36.9 Å². The molecule has 5 unspecified atom stereocenters. The summed E-state index contributed by atoms with van der Waals surface area (Å²) in [7, 11) is -9.86. The number of aliphatic hydroxyl groups excluding tert-OH is 2. The van der Waals surface area contributed by atoms with Crippen molar-refractivity contribution in [2.45, 2.75) is 55.4 Å². The summed E-state index contributed by atoms with van der Waals surface area (Å²) in [4.78, 5) is 33.7. The summed E-state index contributed by atoms with van der Waals surface area (Å²) < 4.78 is 61.6. The minimum Gasteiger partial charge on any atom is -0.397 e. The Balaban J connectivity index is 1.19. The number of imidazole rings is 1. The van der Waals surface area contributed by atoms with E-state index in [2.05, 4.69) is 30.6 Å². The van der Waals surface area contributed by atoms with Gasteiger partial charge in [-0.25, -0.2) is 19.5 Å². The van der Waals surface area contributed by atoms with Crippen LogP contribution in [-0.4, -0.2) is 105 Å². The fourth-order valence-electron chi connectivity index (χ4n) is 5.33. The van der Waals surface area contributed by atoms with Crippen LogP contribution in [0, 0.1) is 0 Å². The van der Waals surface area contributed by atoms with E-state index in [1.54, 1.807) is 0 Å². The molecule has 244 valence electrons. The van der Waals surface area contributed by atoms with Crippen molar-refractivity contribution in [2.75, 3.05) is 24.0 Å². The third-order valence-corrected chi connectivity index (χ3v) is 9.39. The number of nitrogen functional groups attached to an aromatic ring is 1. The van der Waals surface area contributed by atoms with Crippen LogP contribution in [0.4, 0.5) is 11.5 Å². The highest BCUT2D eigenvalue weighted by Gasteiger charge is 2.54. The number of nitrogens with two attached hydrogens (primary N) is 3. The maximum Gasteiger partial charge on any atom is 0.472 e. The van der Waals surface area contributed by atoms with Crippen molar-refractivity contribution in [3.8, 4) is 0 Å². The maximum absolute atomic E-state index is 13.2. The zero-order valence-electron chi connectivity index (χ0n) is 22.7. The molecule has 0 aromatic carbocycles. The van der Waals surface area contributed by atoms with E-state index in [0.29, 0.717) is 11.2 Å². The lowest BCUT2D eigenvalue weighted by molar-refractivity contribution is -0.170. The van der Waals surface area contributed by atoms with Crippen molar-refractivity contribution < 1.29 is 56.9 Å². The summed E-state index contributed by atoms with van der Waals surface area (Å²) >= 11 is 0. The van der Waals surface area contributed by atoms with Gasteiger partial charge in [0.15, 0.2) is 42.5 Å². The van der Waals surface area contributed by atoms with E-state index in [-0.39, 0.29) is 23.1 Å². The molecule has 3 aromatic heterocycles. The lowest BCUT2D eigenvalue weighted by atomic mass is 10.1. The van der Waals surface area contributed by atoms with Gasteiger partial charge in [0.05, 0.1) is 18.6 Å². The number of aliphatic hydroxyl groups is 2. The molecular weight excluding hydrogens is 648 g/mol. The smallest absolute Gasteiger partial charge is 0.397 e. The summed E-state index contributed by atoms with van der Waals surface area (Å²) in [6.45, 7) is -0.797. The fourth-order valence-corrected chi connectivity index (χ4v) is 7.30. The van der Waals surface area contributed by atoms with Gasteiger partial charge in [-0.15, -0.1) is 5.10 Å². The molecule has 0 amide bonds. The molecule has 7 rings (SSSR count). The molecule has 0 saturated carbocycles. The summed E-state index contributed by atoms with van der Waals surface area (Å²) in [5, 5.41) is 32.7. The number of aliphatic imine (C=N–C) groups is 1. The van der Waals surface area contributed by atoms with Gasteiger partial charge in [0.25, 0.3) is 0 Å². The third kappa shape index (κ3) is 5.40. The highest BCUT2D eigenvalue weighted by atomic mass is 31.2. The zero-order chi connectivity index (χ0) is 31.8. The number of fused-ring (bicyclic) bond motifs is 5. The van der Waals surface area contributed by atoms with Gasteiger partial charge in [0.1, 0.15) is 47.9 Å². The normalized spacial score (nSPS) is 40.5. The van der Waals surface area contributed by atoms with Gasteiger partial charge >= 0.3 is 15.4 Å². The summed E-state index contributed by atoms with van der Waals surface area (Å²) in [6.07, 6.45) is -12.2. The standard InChI is InChI=1S/C20H27N11O12P2/c21-6-1-2-24-15-8(6)25-4-30(15)17-10(32)12-7(40-17)3-39-45(36,37)43-13-11(33)19(38-5-44(34,35)42-12)41-18(13)31-16-9(28-29-31)14(22)26-20(23)27-16/h1-2,4,7,10-14,17-19,32-33H,3,5,22H2,(H2,21,24)(H,34,35)(H,36,37)(H3,23,26,27)/t7-,10?,11-,12+,13?,14?,17-,18-,19+/m1/s1. The van der Waals surface area contributed by atoms with E-state index < -0.39 is 83.8 Å². The Labute approximate surface area is 251 Å². The first-order valence-electron chi connectivity index (χ1n) is 13.1. The van der Waals surface area contributed by atoms with Gasteiger partial charge in [-0.3, -0.25) is 22.7 Å². The predicted octanol–water partition coefficient (Wildman–Crippen LogP) is -2.46. The molecule has 0 aliphatic carbocycles. The number of anilines is 2. The highest BCUT2D eigenvalue weighted by molar-refractivity contribution is 7.52. The topological polar surface area (TPSA) is 334 Å². The number of aromatic nitrogens is 6. The van der Waals surface area contributed by atoms with Gasteiger partial charge in [-0.1, -0.05) is 5.21 Å². The summed E-state index contributed by atoms with van der Waals surface area (Å²) in [5.41, 5.74) is 18.6. The molecule has 11 N–H and O–H groups in total. The van der Waals surface area contributed by atoms with Crippen molar-refractivity contribution in [1.82, 2.24) is 29.5 Å². The number of ether oxygens (including phenoxy) is 3. The number of nitrogens with zero attached hydrogens (tertiary/aromatic N) is 7. The van der Waals surface area contributed by atoms with Crippen molar-refractivity contribution >= 4 is 44.0 Å². The SMILES string of the molecule is NC1=NC(N)c2nnn([C@@H]3O[C@@H]4OCP(=O)(O)O[C@@H]5C(O)[C@H](n6cnc7c(N)ccnc76)O[C@@H]5COP(=O)(O)OC3[C@H]4O)c2N1. The molecule has 0 radical (unpaired) electrons.